The first-order valence-corrected chi connectivity index (χ1v) is 5.97. The summed E-state index contributed by atoms with van der Waals surface area (Å²) in [6.45, 7) is -0.436. The molecule has 1 aromatic carbocycles. The zero-order valence-corrected chi connectivity index (χ0v) is 10.1. The van der Waals surface area contributed by atoms with Crippen LogP contribution >= 0.6 is 11.6 Å². The van der Waals surface area contributed by atoms with Crippen LogP contribution in [0.3, 0.4) is 0 Å². The second kappa shape index (κ2) is 4.17. The quantitative estimate of drug-likeness (QED) is 0.922. The number of halogens is 1. The molecule has 0 bridgehead atoms. The van der Waals surface area contributed by atoms with Gasteiger partial charge in [-0.05, 0) is 25.0 Å². The van der Waals surface area contributed by atoms with E-state index in [4.69, 9.17) is 26.0 Å². The summed E-state index contributed by atoms with van der Waals surface area (Å²) in [4.78, 5) is 10.4. The Hall–Kier alpha value is -1.75. The lowest BCUT2D eigenvalue weighted by Gasteiger charge is -2.04. The number of nitrogens with zero attached hydrogens (tertiary/aromatic N) is 1. The number of carbonyl (C=O) groups is 1. The molecule has 1 fully saturated rings. The molecule has 0 saturated heterocycles. The summed E-state index contributed by atoms with van der Waals surface area (Å²) in [7, 11) is 0. The number of carboxylic acids is 1. The van der Waals surface area contributed by atoms with E-state index in [0.717, 1.165) is 23.9 Å². The van der Waals surface area contributed by atoms with Crippen LogP contribution in [0.5, 0.6) is 5.75 Å². The number of hydrogen-bond acceptors (Lipinski definition) is 4. The van der Waals surface area contributed by atoms with E-state index < -0.39 is 12.6 Å². The molecule has 0 unspecified atom stereocenters. The van der Waals surface area contributed by atoms with Crippen LogP contribution in [0.4, 0.5) is 0 Å². The van der Waals surface area contributed by atoms with Gasteiger partial charge in [0.2, 0.25) is 0 Å². The zero-order chi connectivity index (χ0) is 12.7. The molecule has 0 spiro atoms. The molecule has 1 aliphatic rings. The van der Waals surface area contributed by atoms with Crippen molar-refractivity contribution in [2.45, 2.75) is 18.8 Å². The molecule has 1 heterocycles. The van der Waals surface area contributed by atoms with Gasteiger partial charge in [0.15, 0.2) is 12.2 Å². The molecular weight excluding hydrogens is 258 g/mol. The van der Waals surface area contributed by atoms with E-state index in [1.54, 1.807) is 6.07 Å². The van der Waals surface area contributed by atoms with Gasteiger partial charge in [-0.1, -0.05) is 16.8 Å². The highest BCUT2D eigenvalue weighted by atomic mass is 35.5. The fraction of sp³-hybridized carbons (Fsp3) is 0.333. The highest BCUT2D eigenvalue weighted by Crippen LogP contribution is 2.44. The lowest BCUT2D eigenvalue weighted by Crippen LogP contribution is -2.09. The highest BCUT2D eigenvalue weighted by molar-refractivity contribution is 6.36. The van der Waals surface area contributed by atoms with Crippen molar-refractivity contribution in [3.05, 3.63) is 22.8 Å². The summed E-state index contributed by atoms with van der Waals surface area (Å²) < 4.78 is 10.3. The molecule has 0 atom stereocenters. The van der Waals surface area contributed by atoms with Gasteiger partial charge in [0.05, 0.1) is 5.69 Å². The van der Waals surface area contributed by atoms with Crippen molar-refractivity contribution in [2.75, 3.05) is 6.61 Å². The van der Waals surface area contributed by atoms with Gasteiger partial charge in [-0.25, -0.2) is 4.79 Å². The fourth-order valence-corrected chi connectivity index (χ4v) is 2.13. The van der Waals surface area contributed by atoms with Crippen molar-refractivity contribution in [3.8, 4) is 5.75 Å². The summed E-state index contributed by atoms with van der Waals surface area (Å²) in [5, 5.41) is 13.7. The Kier molecular flexibility index (Phi) is 2.63. The fourth-order valence-electron chi connectivity index (χ4n) is 1.88. The predicted molar refractivity (Wildman–Crippen MR) is 64.1 cm³/mol. The average molecular weight is 268 g/mol. The monoisotopic (exact) mass is 267 g/mol. The van der Waals surface area contributed by atoms with E-state index in [-0.39, 0.29) is 5.02 Å². The minimum absolute atomic E-state index is 0.271. The Morgan fingerprint density at radius 3 is 3.00 bits per heavy atom. The van der Waals surface area contributed by atoms with Crippen LogP contribution in [-0.4, -0.2) is 22.8 Å². The Balaban J connectivity index is 1.98. The van der Waals surface area contributed by atoms with Crippen molar-refractivity contribution < 1.29 is 19.2 Å². The molecular formula is C12H10ClNO4. The van der Waals surface area contributed by atoms with E-state index in [9.17, 15) is 4.79 Å². The molecule has 1 N–H and O–H groups in total. The van der Waals surface area contributed by atoms with Gasteiger partial charge >= 0.3 is 5.97 Å². The van der Waals surface area contributed by atoms with Crippen LogP contribution in [0, 0.1) is 0 Å². The van der Waals surface area contributed by atoms with Crippen LogP contribution in [0.2, 0.25) is 5.02 Å². The number of rotatable bonds is 4. The van der Waals surface area contributed by atoms with Gasteiger partial charge in [0, 0.05) is 11.3 Å². The second-order valence-electron chi connectivity index (χ2n) is 4.28. The van der Waals surface area contributed by atoms with E-state index >= 15 is 0 Å². The van der Waals surface area contributed by atoms with Gasteiger partial charge in [0.25, 0.3) is 0 Å². The van der Waals surface area contributed by atoms with Crippen molar-refractivity contribution >= 4 is 28.5 Å². The third kappa shape index (κ3) is 1.90. The lowest BCUT2D eigenvalue weighted by atomic mass is 10.1. The second-order valence-corrected chi connectivity index (χ2v) is 4.66. The summed E-state index contributed by atoms with van der Waals surface area (Å²) in [5.74, 6) is -0.291. The number of aromatic nitrogens is 1. The number of benzene rings is 1. The van der Waals surface area contributed by atoms with Crippen molar-refractivity contribution in [1.82, 2.24) is 5.16 Å². The van der Waals surface area contributed by atoms with E-state index in [2.05, 4.69) is 5.16 Å². The third-order valence-corrected chi connectivity index (χ3v) is 3.25. The molecule has 6 heteroatoms. The minimum atomic E-state index is -1.05. The first-order chi connectivity index (χ1) is 8.66. The Bertz CT molecular complexity index is 618. The van der Waals surface area contributed by atoms with Gasteiger partial charge in [-0.2, -0.15) is 0 Å². The van der Waals surface area contributed by atoms with E-state index in [1.807, 2.05) is 6.07 Å². The third-order valence-electron chi connectivity index (χ3n) is 2.89. The first-order valence-electron chi connectivity index (χ1n) is 5.59. The number of carboxylic acid groups (broad SMARTS) is 1. The summed E-state index contributed by atoms with van der Waals surface area (Å²) in [6, 6.07) is 3.46. The predicted octanol–water partition coefficient (Wildman–Crippen LogP) is 2.82. The maximum Gasteiger partial charge on any atom is 0.341 e. The first kappa shape index (κ1) is 11.3. The highest BCUT2D eigenvalue weighted by Gasteiger charge is 2.30. The number of fused-ring (bicyclic) bond motifs is 1. The minimum Gasteiger partial charge on any atom is -0.480 e. The smallest absolute Gasteiger partial charge is 0.341 e. The van der Waals surface area contributed by atoms with Crippen LogP contribution in [0.1, 0.15) is 24.5 Å². The van der Waals surface area contributed by atoms with Gasteiger partial charge in [-0.3, -0.25) is 0 Å². The molecule has 18 heavy (non-hydrogen) atoms. The number of hydrogen-bond donors (Lipinski definition) is 1. The van der Waals surface area contributed by atoms with E-state index in [1.165, 1.54) is 0 Å². The van der Waals surface area contributed by atoms with Crippen molar-refractivity contribution in [1.29, 1.82) is 0 Å². The molecule has 1 saturated carbocycles. The number of aliphatic carboxylic acids is 1. The standard InChI is InChI=1S/C12H10ClNO4/c13-10-8(17-5-9(15)16)4-3-7-11(6-1-2-6)14-18-12(7)10/h3-4,6H,1-2,5H2,(H,15,16). The van der Waals surface area contributed by atoms with Crippen LogP contribution in [0.25, 0.3) is 11.0 Å². The summed E-state index contributed by atoms with van der Waals surface area (Å²) >= 11 is 6.11. The molecule has 94 valence electrons. The molecule has 3 rings (SSSR count). The molecule has 1 aromatic heterocycles. The Morgan fingerprint density at radius 2 is 2.33 bits per heavy atom. The van der Waals surface area contributed by atoms with Crippen molar-refractivity contribution in [2.24, 2.45) is 0 Å². The summed E-state index contributed by atoms with van der Waals surface area (Å²) in [5.41, 5.74) is 1.39. The summed E-state index contributed by atoms with van der Waals surface area (Å²) in [6.07, 6.45) is 2.24. The Labute approximate surface area is 107 Å². The van der Waals surface area contributed by atoms with Crippen LogP contribution in [-0.2, 0) is 4.79 Å². The Morgan fingerprint density at radius 1 is 1.56 bits per heavy atom. The van der Waals surface area contributed by atoms with Crippen LogP contribution in [0.15, 0.2) is 16.7 Å². The molecule has 0 aliphatic heterocycles. The normalized spacial score (nSPS) is 14.9. The lowest BCUT2D eigenvalue weighted by molar-refractivity contribution is -0.139. The number of ether oxygens (including phenoxy) is 1. The SMILES string of the molecule is O=C(O)COc1ccc2c(C3CC3)noc2c1Cl. The van der Waals surface area contributed by atoms with Gasteiger partial charge < -0.3 is 14.4 Å². The average Bonchev–Trinajstić information content (AvgIpc) is 3.08. The topological polar surface area (TPSA) is 72.6 Å². The molecule has 0 amide bonds. The maximum atomic E-state index is 10.4. The molecule has 1 aliphatic carbocycles. The maximum absolute atomic E-state index is 10.4. The largest absolute Gasteiger partial charge is 0.480 e. The molecule has 2 aromatic rings. The zero-order valence-electron chi connectivity index (χ0n) is 9.35. The molecule has 5 nitrogen and oxygen atoms in total. The van der Waals surface area contributed by atoms with Gasteiger partial charge in [-0.15, -0.1) is 0 Å². The van der Waals surface area contributed by atoms with Crippen LogP contribution < -0.4 is 4.74 Å². The van der Waals surface area contributed by atoms with E-state index in [0.29, 0.717) is 17.3 Å². The van der Waals surface area contributed by atoms with Crippen molar-refractivity contribution in [3.63, 3.8) is 0 Å². The van der Waals surface area contributed by atoms with Gasteiger partial charge in [0.1, 0.15) is 10.8 Å². The molecule has 0 radical (unpaired) electrons.